The molecule has 1 amide bonds. The van der Waals surface area contributed by atoms with Crippen LogP contribution in [0.3, 0.4) is 0 Å². The van der Waals surface area contributed by atoms with Gasteiger partial charge in [0, 0.05) is 30.7 Å². The van der Waals surface area contributed by atoms with Crippen LogP contribution in [0.4, 0.5) is 0 Å². The molecule has 1 aliphatic heterocycles. The highest BCUT2D eigenvalue weighted by atomic mass is 16.2. The van der Waals surface area contributed by atoms with Gasteiger partial charge in [0.2, 0.25) is 5.91 Å². The number of hydrogen-bond acceptors (Lipinski definition) is 2. The second-order valence-corrected chi connectivity index (χ2v) is 6.58. The predicted molar refractivity (Wildman–Crippen MR) is 92.7 cm³/mol. The third-order valence-electron chi connectivity index (χ3n) is 4.69. The number of aryl methyl sites for hydroxylation is 2. The number of fused-ring (bicyclic) bond motifs is 1. The lowest BCUT2D eigenvalue weighted by atomic mass is 10.1. The smallest absolute Gasteiger partial charge is 0.242 e. The first-order valence-electron chi connectivity index (χ1n) is 8.44. The maximum Gasteiger partial charge on any atom is 0.242 e. The number of nitrogens with zero attached hydrogens (tertiary/aromatic N) is 2. The Kier molecular flexibility index (Phi) is 4.51. The number of hydrogen-bond donors (Lipinski definition) is 0. The van der Waals surface area contributed by atoms with Crippen molar-refractivity contribution >= 4 is 16.8 Å². The van der Waals surface area contributed by atoms with E-state index in [1.807, 2.05) is 35.4 Å². The summed E-state index contributed by atoms with van der Waals surface area (Å²) in [5, 5.41) is 0.724. The summed E-state index contributed by atoms with van der Waals surface area (Å²) in [6, 6.07) is 5.59. The molecule has 4 heteroatoms. The van der Waals surface area contributed by atoms with E-state index in [9.17, 15) is 9.59 Å². The first-order chi connectivity index (χ1) is 11.1. The van der Waals surface area contributed by atoms with Gasteiger partial charge in [-0.3, -0.25) is 9.59 Å². The first-order valence-corrected chi connectivity index (χ1v) is 8.44. The number of carbonyl (C=O) groups is 1. The molecule has 1 saturated heterocycles. The van der Waals surface area contributed by atoms with Gasteiger partial charge in [-0.15, -0.1) is 0 Å². The van der Waals surface area contributed by atoms with E-state index in [1.54, 1.807) is 12.3 Å². The Morgan fingerprint density at radius 2 is 1.78 bits per heavy atom. The van der Waals surface area contributed by atoms with Crippen molar-refractivity contribution in [1.29, 1.82) is 0 Å². The van der Waals surface area contributed by atoms with Crippen molar-refractivity contribution in [1.82, 2.24) is 9.47 Å². The van der Waals surface area contributed by atoms with Gasteiger partial charge in [0.1, 0.15) is 6.54 Å². The van der Waals surface area contributed by atoms with Crippen LogP contribution >= 0.6 is 0 Å². The number of pyridine rings is 1. The topological polar surface area (TPSA) is 42.3 Å². The average Bonchev–Trinajstić information content (AvgIpc) is 2.78. The van der Waals surface area contributed by atoms with Crippen LogP contribution in [0.15, 0.2) is 29.2 Å². The van der Waals surface area contributed by atoms with E-state index in [0.717, 1.165) is 48.0 Å². The largest absolute Gasteiger partial charge is 0.341 e. The number of carbonyl (C=O) groups excluding carboxylic acids is 1. The Morgan fingerprint density at radius 1 is 1.09 bits per heavy atom. The van der Waals surface area contributed by atoms with Gasteiger partial charge in [-0.05, 0) is 43.9 Å². The van der Waals surface area contributed by atoms with Crippen molar-refractivity contribution in [3.63, 3.8) is 0 Å². The molecule has 1 fully saturated rings. The van der Waals surface area contributed by atoms with E-state index < -0.39 is 0 Å². The highest BCUT2D eigenvalue weighted by molar-refractivity contribution is 5.85. The Bertz CT molecular complexity index is 784. The Hall–Kier alpha value is -2.10. The molecule has 0 aliphatic carbocycles. The van der Waals surface area contributed by atoms with Crippen LogP contribution in [0.1, 0.15) is 36.8 Å². The standard InChI is InChI=1S/C19H24N2O2/c1-14-11-15(2)19-16(12-14)21(10-7-17(19)22)13-18(23)20-8-5-3-4-6-9-20/h7,10-12H,3-6,8-9,13H2,1-2H3. The van der Waals surface area contributed by atoms with Gasteiger partial charge in [-0.25, -0.2) is 0 Å². The van der Waals surface area contributed by atoms with Crippen molar-refractivity contribution in [2.24, 2.45) is 0 Å². The minimum atomic E-state index is 0.0240. The molecule has 0 N–H and O–H groups in total. The second-order valence-electron chi connectivity index (χ2n) is 6.58. The molecule has 0 spiro atoms. The third-order valence-corrected chi connectivity index (χ3v) is 4.69. The Morgan fingerprint density at radius 3 is 2.48 bits per heavy atom. The lowest BCUT2D eigenvalue weighted by molar-refractivity contribution is -0.131. The van der Waals surface area contributed by atoms with Gasteiger partial charge in [-0.2, -0.15) is 0 Å². The zero-order chi connectivity index (χ0) is 16.4. The highest BCUT2D eigenvalue weighted by Gasteiger charge is 2.17. The van der Waals surface area contributed by atoms with Crippen molar-refractivity contribution in [2.75, 3.05) is 13.1 Å². The molecule has 2 aromatic rings. The van der Waals surface area contributed by atoms with Crippen molar-refractivity contribution < 1.29 is 4.79 Å². The number of rotatable bonds is 2. The lowest BCUT2D eigenvalue weighted by Gasteiger charge is -2.22. The van der Waals surface area contributed by atoms with Gasteiger partial charge in [0.25, 0.3) is 0 Å². The molecule has 1 aliphatic rings. The number of amides is 1. The summed E-state index contributed by atoms with van der Waals surface area (Å²) in [5.74, 6) is 0.149. The van der Waals surface area contributed by atoms with Gasteiger partial charge in [0.05, 0.1) is 5.52 Å². The van der Waals surface area contributed by atoms with Crippen LogP contribution in [0.25, 0.3) is 10.9 Å². The molecule has 0 saturated carbocycles. The zero-order valence-electron chi connectivity index (χ0n) is 14.0. The van der Waals surface area contributed by atoms with Crippen LogP contribution in [0.2, 0.25) is 0 Å². The fraction of sp³-hybridized carbons (Fsp3) is 0.474. The molecule has 23 heavy (non-hydrogen) atoms. The van der Waals surface area contributed by atoms with E-state index in [4.69, 9.17) is 0 Å². The van der Waals surface area contributed by atoms with Gasteiger partial charge in [-0.1, -0.05) is 18.9 Å². The average molecular weight is 312 g/mol. The predicted octanol–water partition coefficient (Wildman–Crippen LogP) is 3.02. The van der Waals surface area contributed by atoms with Crippen LogP contribution < -0.4 is 5.43 Å². The van der Waals surface area contributed by atoms with E-state index in [0.29, 0.717) is 6.54 Å². The van der Waals surface area contributed by atoms with Gasteiger partial charge < -0.3 is 9.47 Å². The summed E-state index contributed by atoms with van der Waals surface area (Å²) in [6.07, 6.45) is 6.36. The summed E-state index contributed by atoms with van der Waals surface area (Å²) in [5.41, 5.74) is 2.97. The quantitative estimate of drug-likeness (QED) is 0.855. The number of benzene rings is 1. The van der Waals surface area contributed by atoms with Gasteiger partial charge in [0.15, 0.2) is 5.43 Å². The van der Waals surface area contributed by atoms with Crippen molar-refractivity contribution in [2.45, 2.75) is 46.1 Å². The second kappa shape index (κ2) is 6.57. The van der Waals surface area contributed by atoms with E-state index in [2.05, 4.69) is 0 Å². The highest BCUT2D eigenvalue weighted by Crippen LogP contribution is 2.18. The molecule has 0 unspecified atom stereocenters. The lowest BCUT2D eigenvalue weighted by Crippen LogP contribution is -2.34. The molecule has 4 nitrogen and oxygen atoms in total. The fourth-order valence-electron chi connectivity index (χ4n) is 3.52. The molecule has 0 bridgehead atoms. The first kappa shape index (κ1) is 15.8. The molecule has 0 radical (unpaired) electrons. The third kappa shape index (κ3) is 3.31. The van der Waals surface area contributed by atoms with E-state index >= 15 is 0 Å². The summed E-state index contributed by atoms with van der Waals surface area (Å²) in [4.78, 5) is 26.8. The Labute approximate surface area is 136 Å². The maximum atomic E-state index is 12.6. The number of likely N-dealkylation sites (tertiary alicyclic amines) is 1. The normalized spacial score (nSPS) is 15.7. The van der Waals surface area contributed by atoms with E-state index in [-0.39, 0.29) is 11.3 Å². The molecule has 1 aromatic heterocycles. The summed E-state index contributed by atoms with van der Waals surface area (Å²) < 4.78 is 1.92. The number of aromatic nitrogens is 1. The molecule has 122 valence electrons. The molecule has 2 heterocycles. The summed E-state index contributed by atoms with van der Waals surface area (Å²) in [6.45, 7) is 5.99. The monoisotopic (exact) mass is 312 g/mol. The fourth-order valence-corrected chi connectivity index (χ4v) is 3.52. The SMILES string of the molecule is Cc1cc(C)c2c(=O)ccn(CC(=O)N3CCCCCC3)c2c1. The zero-order valence-corrected chi connectivity index (χ0v) is 14.0. The summed E-state index contributed by atoms with van der Waals surface area (Å²) in [7, 11) is 0. The molecular formula is C19H24N2O2. The van der Waals surface area contributed by atoms with E-state index in [1.165, 1.54) is 12.8 Å². The maximum absolute atomic E-state index is 12.6. The minimum absolute atomic E-state index is 0.0240. The molecule has 1 aromatic carbocycles. The summed E-state index contributed by atoms with van der Waals surface area (Å²) >= 11 is 0. The molecule has 0 atom stereocenters. The molecular weight excluding hydrogens is 288 g/mol. The minimum Gasteiger partial charge on any atom is -0.341 e. The molecule has 3 rings (SSSR count). The van der Waals surface area contributed by atoms with Crippen LogP contribution in [-0.4, -0.2) is 28.5 Å². The van der Waals surface area contributed by atoms with Crippen LogP contribution in [-0.2, 0) is 11.3 Å². The van der Waals surface area contributed by atoms with Gasteiger partial charge >= 0.3 is 0 Å². The Balaban J connectivity index is 1.95. The van der Waals surface area contributed by atoms with Crippen LogP contribution in [0.5, 0.6) is 0 Å². The van der Waals surface area contributed by atoms with Crippen LogP contribution in [0, 0.1) is 13.8 Å². The van der Waals surface area contributed by atoms with Crippen molar-refractivity contribution in [3.05, 3.63) is 45.7 Å². The van der Waals surface area contributed by atoms with Crippen molar-refractivity contribution in [3.8, 4) is 0 Å².